The summed E-state index contributed by atoms with van der Waals surface area (Å²) in [6.45, 7) is 6.25. The lowest BCUT2D eigenvalue weighted by molar-refractivity contribution is -0.0668. The highest BCUT2D eigenvalue weighted by atomic mass is 16.3. The van der Waals surface area contributed by atoms with E-state index in [4.69, 9.17) is 0 Å². The lowest BCUT2D eigenvalue weighted by atomic mass is 9.96. The lowest BCUT2D eigenvalue weighted by Gasteiger charge is -2.43. The normalized spacial score (nSPS) is 17.6. The van der Waals surface area contributed by atoms with Gasteiger partial charge >= 0.3 is 0 Å². The number of hydrogen-bond acceptors (Lipinski definition) is 4. The van der Waals surface area contributed by atoms with Crippen molar-refractivity contribution in [3.8, 4) is 0 Å². The standard InChI is InChI=1S/C13H16N4O2/c1-8-4-9(2)17-11(15-8)10(5-14-17)12(18)16-6-13(3,19)7-16/h4-5,19H,6-7H2,1-3H3. The summed E-state index contributed by atoms with van der Waals surface area (Å²) < 4.78 is 1.66. The Hall–Kier alpha value is -1.95. The molecule has 1 N–H and O–H groups in total. The first-order chi connectivity index (χ1) is 8.87. The predicted octanol–water partition coefficient (Wildman–Crippen LogP) is 0.553. The van der Waals surface area contributed by atoms with Gasteiger partial charge < -0.3 is 10.0 Å². The van der Waals surface area contributed by atoms with Crippen molar-refractivity contribution < 1.29 is 9.90 Å². The number of fused-ring (bicyclic) bond motifs is 1. The third-order valence-electron chi connectivity index (χ3n) is 3.36. The van der Waals surface area contributed by atoms with E-state index in [1.165, 1.54) is 0 Å². The van der Waals surface area contributed by atoms with E-state index >= 15 is 0 Å². The highest BCUT2D eigenvalue weighted by Crippen LogP contribution is 2.23. The summed E-state index contributed by atoms with van der Waals surface area (Å²) in [5, 5.41) is 13.9. The minimum absolute atomic E-state index is 0.126. The molecule has 1 fully saturated rings. The van der Waals surface area contributed by atoms with Crippen LogP contribution in [-0.2, 0) is 0 Å². The second-order valence-corrected chi connectivity index (χ2v) is 5.49. The monoisotopic (exact) mass is 260 g/mol. The topological polar surface area (TPSA) is 70.7 Å². The van der Waals surface area contributed by atoms with E-state index in [1.807, 2.05) is 19.9 Å². The van der Waals surface area contributed by atoms with Crippen LogP contribution in [0.1, 0.15) is 28.7 Å². The summed E-state index contributed by atoms with van der Waals surface area (Å²) in [7, 11) is 0. The molecule has 6 nitrogen and oxygen atoms in total. The van der Waals surface area contributed by atoms with Crippen molar-refractivity contribution in [2.24, 2.45) is 0 Å². The fourth-order valence-corrected chi connectivity index (χ4v) is 2.51. The lowest BCUT2D eigenvalue weighted by Crippen LogP contribution is -2.61. The van der Waals surface area contributed by atoms with Crippen molar-refractivity contribution in [2.75, 3.05) is 13.1 Å². The number of hydrogen-bond donors (Lipinski definition) is 1. The van der Waals surface area contributed by atoms with Crippen LogP contribution in [0.2, 0.25) is 0 Å². The summed E-state index contributed by atoms with van der Waals surface area (Å²) in [6, 6.07) is 1.92. The summed E-state index contributed by atoms with van der Waals surface area (Å²) >= 11 is 0. The van der Waals surface area contributed by atoms with E-state index in [1.54, 1.807) is 22.5 Å². The maximum atomic E-state index is 12.3. The maximum absolute atomic E-state index is 12.3. The van der Waals surface area contributed by atoms with Crippen molar-refractivity contribution in [3.63, 3.8) is 0 Å². The van der Waals surface area contributed by atoms with Gasteiger partial charge in [0.1, 0.15) is 5.56 Å². The molecule has 0 bridgehead atoms. The van der Waals surface area contributed by atoms with Crippen molar-refractivity contribution in [1.29, 1.82) is 0 Å². The predicted molar refractivity (Wildman–Crippen MR) is 69.0 cm³/mol. The molecule has 1 aliphatic heterocycles. The van der Waals surface area contributed by atoms with Gasteiger partial charge in [-0.1, -0.05) is 0 Å². The quantitative estimate of drug-likeness (QED) is 0.813. The summed E-state index contributed by atoms with van der Waals surface area (Å²) in [4.78, 5) is 18.3. The Kier molecular flexibility index (Phi) is 2.40. The van der Waals surface area contributed by atoms with Crippen molar-refractivity contribution >= 4 is 11.6 Å². The molecular weight excluding hydrogens is 244 g/mol. The molecule has 100 valence electrons. The molecular formula is C13H16N4O2. The molecule has 19 heavy (non-hydrogen) atoms. The first-order valence-corrected chi connectivity index (χ1v) is 6.21. The molecule has 0 unspecified atom stereocenters. The third-order valence-corrected chi connectivity index (χ3v) is 3.36. The number of aliphatic hydroxyl groups is 1. The molecule has 1 saturated heterocycles. The van der Waals surface area contributed by atoms with Crippen LogP contribution >= 0.6 is 0 Å². The third kappa shape index (κ3) is 1.88. The van der Waals surface area contributed by atoms with Crippen LogP contribution in [-0.4, -0.2) is 49.2 Å². The number of carbonyl (C=O) groups is 1. The van der Waals surface area contributed by atoms with E-state index in [-0.39, 0.29) is 5.91 Å². The molecule has 2 aromatic rings. The number of rotatable bonds is 1. The zero-order valence-corrected chi connectivity index (χ0v) is 11.2. The van der Waals surface area contributed by atoms with E-state index < -0.39 is 5.60 Å². The number of likely N-dealkylation sites (tertiary alicyclic amines) is 1. The van der Waals surface area contributed by atoms with Crippen molar-refractivity contribution in [2.45, 2.75) is 26.4 Å². The zero-order valence-electron chi connectivity index (χ0n) is 11.2. The largest absolute Gasteiger partial charge is 0.386 e. The fourth-order valence-electron chi connectivity index (χ4n) is 2.51. The maximum Gasteiger partial charge on any atom is 0.259 e. The Morgan fingerprint density at radius 3 is 2.74 bits per heavy atom. The van der Waals surface area contributed by atoms with Gasteiger partial charge in [-0.15, -0.1) is 0 Å². The van der Waals surface area contributed by atoms with Gasteiger partial charge in [-0.2, -0.15) is 5.10 Å². The average Bonchev–Trinajstić information content (AvgIpc) is 2.68. The number of nitrogens with zero attached hydrogens (tertiary/aromatic N) is 4. The number of amides is 1. The molecule has 3 rings (SSSR count). The van der Waals surface area contributed by atoms with Gasteiger partial charge in [-0.3, -0.25) is 4.79 Å². The molecule has 0 radical (unpaired) electrons. The molecule has 0 saturated carbocycles. The van der Waals surface area contributed by atoms with Crippen LogP contribution in [0.5, 0.6) is 0 Å². The smallest absolute Gasteiger partial charge is 0.259 e. The zero-order chi connectivity index (χ0) is 13.8. The molecule has 3 heterocycles. The van der Waals surface area contributed by atoms with Gasteiger partial charge in [-0.25, -0.2) is 9.50 Å². The van der Waals surface area contributed by atoms with Gasteiger partial charge in [-0.05, 0) is 26.8 Å². The number of carbonyl (C=O) groups excluding carboxylic acids is 1. The summed E-state index contributed by atoms with van der Waals surface area (Å²) in [6.07, 6.45) is 1.55. The van der Waals surface area contributed by atoms with Crippen LogP contribution in [0.4, 0.5) is 0 Å². The SMILES string of the molecule is Cc1cc(C)n2ncc(C(=O)N3CC(C)(O)C3)c2n1. The Balaban J connectivity index is 2.00. The number of aryl methyl sites for hydroxylation is 2. The van der Waals surface area contributed by atoms with E-state index in [9.17, 15) is 9.90 Å². The fraction of sp³-hybridized carbons (Fsp3) is 0.462. The van der Waals surface area contributed by atoms with Gasteiger partial charge in [0.25, 0.3) is 5.91 Å². The van der Waals surface area contributed by atoms with E-state index in [0.29, 0.717) is 24.3 Å². The second kappa shape index (κ2) is 3.77. The second-order valence-electron chi connectivity index (χ2n) is 5.49. The molecule has 1 amide bonds. The van der Waals surface area contributed by atoms with Crippen LogP contribution in [0.3, 0.4) is 0 Å². The van der Waals surface area contributed by atoms with Gasteiger partial charge in [0.05, 0.1) is 24.9 Å². The minimum atomic E-state index is -0.766. The van der Waals surface area contributed by atoms with Crippen molar-refractivity contribution in [3.05, 3.63) is 29.2 Å². The molecule has 0 aliphatic carbocycles. The van der Waals surface area contributed by atoms with Crippen LogP contribution in [0, 0.1) is 13.8 Å². The molecule has 0 aromatic carbocycles. The molecule has 2 aromatic heterocycles. The van der Waals surface area contributed by atoms with Crippen LogP contribution in [0.25, 0.3) is 5.65 Å². The Morgan fingerprint density at radius 2 is 2.11 bits per heavy atom. The molecule has 1 aliphatic rings. The van der Waals surface area contributed by atoms with Gasteiger partial charge in [0.2, 0.25) is 0 Å². The van der Waals surface area contributed by atoms with Crippen molar-refractivity contribution in [1.82, 2.24) is 19.5 Å². The van der Waals surface area contributed by atoms with Gasteiger partial charge in [0, 0.05) is 11.4 Å². The molecule has 0 atom stereocenters. The summed E-state index contributed by atoms with van der Waals surface area (Å²) in [5.74, 6) is -0.126. The first kappa shape index (κ1) is 12.1. The Labute approximate surface area is 110 Å². The number of aromatic nitrogens is 3. The van der Waals surface area contributed by atoms with Crippen LogP contribution in [0.15, 0.2) is 12.3 Å². The Bertz CT molecular complexity index is 667. The average molecular weight is 260 g/mol. The highest BCUT2D eigenvalue weighted by molar-refractivity contribution is 6.00. The highest BCUT2D eigenvalue weighted by Gasteiger charge is 2.40. The number of β-amino-alcohol motifs (C(OH)–C–C–N with tert-alkyl or cyclic N) is 1. The first-order valence-electron chi connectivity index (χ1n) is 6.21. The van der Waals surface area contributed by atoms with Gasteiger partial charge in [0.15, 0.2) is 5.65 Å². The Morgan fingerprint density at radius 1 is 1.42 bits per heavy atom. The van der Waals surface area contributed by atoms with E-state index in [2.05, 4.69) is 10.1 Å². The molecule has 6 heteroatoms. The van der Waals surface area contributed by atoms with Crippen LogP contribution < -0.4 is 0 Å². The van der Waals surface area contributed by atoms with E-state index in [0.717, 1.165) is 11.4 Å². The summed E-state index contributed by atoms with van der Waals surface area (Å²) in [5.41, 5.74) is 2.10. The minimum Gasteiger partial charge on any atom is -0.386 e. The molecule has 0 spiro atoms.